The zero-order valence-electron chi connectivity index (χ0n) is 12.6. The lowest BCUT2D eigenvalue weighted by molar-refractivity contribution is -0.129. The average molecular weight is 298 g/mol. The second-order valence-electron chi connectivity index (χ2n) is 5.74. The third-order valence-electron chi connectivity index (χ3n) is 3.86. The highest BCUT2D eigenvalue weighted by molar-refractivity contribution is 6.00. The van der Waals surface area contributed by atoms with Crippen molar-refractivity contribution in [3.8, 4) is 0 Å². The van der Waals surface area contributed by atoms with Gasteiger partial charge in [-0.15, -0.1) is 0 Å². The molecule has 0 radical (unpaired) electrons. The molecule has 0 bridgehead atoms. The highest BCUT2D eigenvalue weighted by Gasteiger charge is 2.35. The monoisotopic (exact) mass is 298 g/mol. The van der Waals surface area contributed by atoms with Gasteiger partial charge >= 0.3 is 0 Å². The Labute approximate surface area is 128 Å². The second-order valence-corrected chi connectivity index (χ2v) is 5.74. The molecule has 1 aliphatic rings. The van der Waals surface area contributed by atoms with E-state index in [2.05, 4.69) is 15.3 Å². The summed E-state index contributed by atoms with van der Waals surface area (Å²) in [5.74, 6) is -0.166. The second kappa shape index (κ2) is 5.71. The highest BCUT2D eigenvalue weighted by Crippen LogP contribution is 2.19. The van der Waals surface area contributed by atoms with E-state index in [0.717, 1.165) is 5.52 Å². The van der Waals surface area contributed by atoms with Gasteiger partial charge in [0.25, 0.3) is 5.91 Å². The minimum absolute atomic E-state index is 0.0597. The molecular weight excluding hydrogens is 280 g/mol. The third-order valence-corrected chi connectivity index (χ3v) is 3.86. The zero-order valence-corrected chi connectivity index (χ0v) is 12.6. The summed E-state index contributed by atoms with van der Waals surface area (Å²) >= 11 is 0. The fraction of sp³-hybridized carbons (Fsp3) is 0.375. The molecule has 1 atom stereocenters. The van der Waals surface area contributed by atoms with Crippen LogP contribution >= 0.6 is 0 Å². The van der Waals surface area contributed by atoms with Crippen molar-refractivity contribution in [2.45, 2.75) is 19.9 Å². The van der Waals surface area contributed by atoms with Gasteiger partial charge in [-0.05, 0) is 24.1 Å². The number of nitrogens with zero attached hydrogens (tertiary/aromatic N) is 3. The molecule has 3 rings (SSSR count). The highest BCUT2D eigenvalue weighted by atomic mass is 16.2. The minimum atomic E-state index is -0.432. The number of hydrogen-bond donors (Lipinski definition) is 1. The Hall–Kier alpha value is -2.50. The Morgan fingerprint density at radius 2 is 2.00 bits per heavy atom. The molecule has 2 amide bonds. The molecule has 0 saturated carbocycles. The number of nitrogens with one attached hydrogen (secondary N) is 1. The van der Waals surface area contributed by atoms with Crippen LogP contribution in [-0.2, 0) is 4.79 Å². The summed E-state index contributed by atoms with van der Waals surface area (Å²) in [7, 11) is 0. The fourth-order valence-electron chi connectivity index (χ4n) is 2.84. The maximum atomic E-state index is 12.8. The minimum Gasteiger partial charge on any atom is -0.353 e. The summed E-state index contributed by atoms with van der Waals surface area (Å²) in [6, 6.07) is 4.82. The van der Waals surface area contributed by atoms with Crippen molar-refractivity contribution in [3.05, 3.63) is 36.2 Å². The van der Waals surface area contributed by atoms with Crippen LogP contribution < -0.4 is 5.32 Å². The van der Waals surface area contributed by atoms with Crippen LogP contribution in [0, 0.1) is 5.92 Å². The van der Waals surface area contributed by atoms with Gasteiger partial charge in [-0.3, -0.25) is 19.6 Å². The van der Waals surface area contributed by atoms with Crippen LogP contribution in [0.1, 0.15) is 24.2 Å². The number of amides is 2. The predicted molar refractivity (Wildman–Crippen MR) is 82.2 cm³/mol. The molecule has 0 unspecified atom stereocenters. The Kier molecular flexibility index (Phi) is 3.75. The van der Waals surface area contributed by atoms with Gasteiger partial charge in [0.2, 0.25) is 5.91 Å². The Balaban J connectivity index is 1.95. The van der Waals surface area contributed by atoms with Gasteiger partial charge in [0.1, 0.15) is 6.04 Å². The van der Waals surface area contributed by atoms with Crippen LogP contribution in [0.3, 0.4) is 0 Å². The van der Waals surface area contributed by atoms with E-state index in [0.29, 0.717) is 24.2 Å². The number of carbonyl (C=O) groups excluding carboxylic acids is 2. The van der Waals surface area contributed by atoms with Gasteiger partial charge in [-0.25, -0.2) is 0 Å². The molecule has 6 nitrogen and oxygen atoms in total. The molecule has 1 saturated heterocycles. The van der Waals surface area contributed by atoms with Gasteiger partial charge in [0.15, 0.2) is 0 Å². The summed E-state index contributed by atoms with van der Waals surface area (Å²) in [6.45, 7) is 4.90. The molecular formula is C16H18N4O2. The molecule has 6 heteroatoms. The molecule has 1 aliphatic heterocycles. The van der Waals surface area contributed by atoms with E-state index in [1.54, 1.807) is 35.5 Å². The van der Waals surface area contributed by atoms with Crippen molar-refractivity contribution in [2.75, 3.05) is 13.1 Å². The molecule has 0 spiro atoms. The van der Waals surface area contributed by atoms with E-state index in [4.69, 9.17) is 0 Å². The van der Waals surface area contributed by atoms with Gasteiger partial charge in [-0.2, -0.15) is 0 Å². The average Bonchev–Trinajstić information content (AvgIpc) is 2.53. The van der Waals surface area contributed by atoms with Crippen LogP contribution in [-0.4, -0.2) is 45.8 Å². The molecule has 1 aromatic heterocycles. The van der Waals surface area contributed by atoms with Crippen molar-refractivity contribution in [1.82, 2.24) is 20.2 Å². The fourth-order valence-corrected chi connectivity index (χ4v) is 2.84. The maximum Gasteiger partial charge on any atom is 0.254 e. The molecule has 2 heterocycles. The van der Waals surface area contributed by atoms with Gasteiger partial charge in [0.05, 0.1) is 11.0 Å². The van der Waals surface area contributed by atoms with Crippen LogP contribution in [0.15, 0.2) is 30.6 Å². The normalized spacial score (nSPS) is 18.6. The first-order valence-electron chi connectivity index (χ1n) is 7.37. The van der Waals surface area contributed by atoms with Gasteiger partial charge in [0, 0.05) is 31.0 Å². The summed E-state index contributed by atoms with van der Waals surface area (Å²) in [5, 5.41) is 2.82. The number of hydrogen-bond acceptors (Lipinski definition) is 4. The van der Waals surface area contributed by atoms with Gasteiger partial charge < -0.3 is 10.2 Å². The maximum absolute atomic E-state index is 12.8. The van der Waals surface area contributed by atoms with E-state index >= 15 is 0 Å². The lowest BCUT2D eigenvalue weighted by Crippen LogP contribution is -2.59. The summed E-state index contributed by atoms with van der Waals surface area (Å²) in [6.07, 6.45) is 3.22. The van der Waals surface area contributed by atoms with Crippen molar-refractivity contribution < 1.29 is 9.59 Å². The summed E-state index contributed by atoms with van der Waals surface area (Å²) < 4.78 is 0. The smallest absolute Gasteiger partial charge is 0.254 e. The Bertz CT molecular complexity index is 729. The van der Waals surface area contributed by atoms with Crippen molar-refractivity contribution in [2.24, 2.45) is 5.92 Å². The van der Waals surface area contributed by atoms with E-state index in [1.165, 1.54) is 0 Å². The van der Waals surface area contributed by atoms with Crippen LogP contribution in [0.5, 0.6) is 0 Å². The molecule has 1 aromatic carbocycles. The van der Waals surface area contributed by atoms with E-state index in [-0.39, 0.29) is 17.7 Å². The third kappa shape index (κ3) is 2.52. The predicted octanol–water partition coefficient (Wildman–Crippen LogP) is 1.23. The van der Waals surface area contributed by atoms with Crippen LogP contribution in [0.4, 0.5) is 0 Å². The first-order valence-corrected chi connectivity index (χ1v) is 7.37. The number of aromatic nitrogens is 2. The lowest BCUT2D eigenvalue weighted by atomic mass is 9.98. The SMILES string of the molecule is CC(C)[C@H]1C(=O)NCCN1C(=O)c1ccc2nccnc2c1. The topological polar surface area (TPSA) is 75.2 Å². The van der Waals surface area contributed by atoms with Crippen LogP contribution in [0.2, 0.25) is 0 Å². The summed E-state index contributed by atoms with van der Waals surface area (Å²) in [5.41, 5.74) is 1.96. The first kappa shape index (κ1) is 14.4. The number of rotatable bonds is 2. The molecule has 22 heavy (non-hydrogen) atoms. The molecule has 2 aromatic rings. The van der Waals surface area contributed by atoms with E-state index in [1.807, 2.05) is 13.8 Å². The molecule has 1 N–H and O–H groups in total. The molecule has 114 valence electrons. The summed E-state index contributed by atoms with van der Waals surface area (Å²) in [4.78, 5) is 34.9. The molecule has 0 aliphatic carbocycles. The van der Waals surface area contributed by atoms with Crippen molar-refractivity contribution >= 4 is 22.8 Å². The number of piperazine rings is 1. The standard InChI is InChI=1S/C16H18N4O2/c1-10(2)14-15(21)19-7-8-20(14)16(22)11-3-4-12-13(9-11)18-6-5-17-12/h3-6,9-10,14H,7-8H2,1-2H3,(H,19,21)/t14-/m0/s1. The quantitative estimate of drug-likeness (QED) is 0.904. The molecule has 1 fully saturated rings. The zero-order chi connectivity index (χ0) is 15.7. The van der Waals surface area contributed by atoms with E-state index in [9.17, 15) is 9.59 Å². The van der Waals surface area contributed by atoms with Gasteiger partial charge in [-0.1, -0.05) is 13.8 Å². The van der Waals surface area contributed by atoms with Crippen molar-refractivity contribution in [3.63, 3.8) is 0 Å². The number of fused-ring (bicyclic) bond motifs is 1. The van der Waals surface area contributed by atoms with E-state index < -0.39 is 6.04 Å². The Morgan fingerprint density at radius 3 is 2.73 bits per heavy atom. The van der Waals surface area contributed by atoms with Crippen LogP contribution in [0.25, 0.3) is 11.0 Å². The number of benzene rings is 1. The Morgan fingerprint density at radius 1 is 1.27 bits per heavy atom. The number of carbonyl (C=O) groups is 2. The van der Waals surface area contributed by atoms with Crippen molar-refractivity contribution in [1.29, 1.82) is 0 Å². The first-order chi connectivity index (χ1) is 10.6. The lowest BCUT2D eigenvalue weighted by Gasteiger charge is -2.37. The largest absolute Gasteiger partial charge is 0.353 e.